The fourth-order valence-corrected chi connectivity index (χ4v) is 1.29. The third-order valence-corrected chi connectivity index (χ3v) is 2.03. The Labute approximate surface area is 84.5 Å². The zero-order valence-corrected chi connectivity index (χ0v) is 8.53. The van der Waals surface area contributed by atoms with Crippen LogP contribution >= 0.6 is 0 Å². The highest BCUT2D eigenvalue weighted by Crippen LogP contribution is 2.01. The van der Waals surface area contributed by atoms with Crippen molar-refractivity contribution in [2.45, 2.75) is 25.8 Å². The van der Waals surface area contributed by atoms with Gasteiger partial charge in [-0.1, -0.05) is 0 Å². The molecule has 0 bridgehead atoms. The first kappa shape index (κ1) is 10.7. The van der Waals surface area contributed by atoms with Gasteiger partial charge in [-0.25, -0.2) is 0 Å². The molecule has 0 saturated heterocycles. The van der Waals surface area contributed by atoms with Crippen molar-refractivity contribution >= 4 is 0 Å². The molecular weight excluding hydrogens is 176 g/mol. The second kappa shape index (κ2) is 6.17. The molecule has 0 saturated carbocycles. The molecule has 0 aliphatic rings. The van der Waals surface area contributed by atoms with Gasteiger partial charge in [-0.3, -0.25) is 4.68 Å². The zero-order chi connectivity index (χ0) is 10.2. The van der Waals surface area contributed by atoms with Gasteiger partial charge in [0, 0.05) is 6.20 Å². The van der Waals surface area contributed by atoms with E-state index in [1.165, 1.54) is 5.56 Å². The minimum Gasteiger partial charge on any atom is -0.320 e. The van der Waals surface area contributed by atoms with E-state index in [4.69, 9.17) is 5.26 Å². The van der Waals surface area contributed by atoms with Crippen molar-refractivity contribution in [2.24, 2.45) is 0 Å². The molecule has 0 amide bonds. The van der Waals surface area contributed by atoms with Crippen molar-refractivity contribution in [3.63, 3.8) is 0 Å². The first-order valence-corrected chi connectivity index (χ1v) is 4.89. The highest BCUT2D eigenvalue weighted by Gasteiger charge is 1.97. The third-order valence-electron chi connectivity index (χ3n) is 2.03. The summed E-state index contributed by atoms with van der Waals surface area (Å²) in [6.07, 6.45) is 6.60. The number of nitrogens with one attached hydrogen (secondary N) is 1. The molecule has 14 heavy (non-hydrogen) atoms. The van der Waals surface area contributed by atoms with Crippen molar-refractivity contribution in [1.82, 2.24) is 15.1 Å². The summed E-state index contributed by atoms with van der Waals surface area (Å²) in [4.78, 5) is 0. The van der Waals surface area contributed by atoms with Crippen LogP contribution < -0.4 is 5.32 Å². The van der Waals surface area contributed by atoms with Crippen LogP contribution in [0.4, 0.5) is 0 Å². The molecular formula is C10H16N4. The van der Waals surface area contributed by atoms with Gasteiger partial charge >= 0.3 is 0 Å². The zero-order valence-electron chi connectivity index (χ0n) is 8.53. The van der Waals surface area contributed by atoms with Crippen LogP contribution in [0.1, 0.15) is 18.4 Å². The summed E-state index contributed by atoms with van der Waals surface area (Å²) < 4.78 is 1.83. The van der Waals surface area contributed by atoms with Gasteiger partial charge in [-0.05, 0) is 32.0 Å². The van der Waals surface area contributed by atoms with Crippen LogP contribution in [0.2, 0.25) is 0 Å². The van der Waals surface area contributed by atoms with Gasteiger partial charge in [0.1, 0.15) is 0 Å². The first-order chi connectivity index (χ1) is 6.86. The third kappa shape index (κ3) is 3.58. The van der Waals surface area contributed by atoms with Gasteiger partial charge in [0.25, 0.3) is 0 Å². The van der Waals surface area contributed by atoms with Gasteiger partial charge in [0.05, 0.1) is 25.2 Å². The van der Waals surface area contributed by atoms with Crippen LogP contribution in [0.5, 0.6) is 0 Å². The Bertz CT molecular complexity index is 297. The smallest absolute Gasteiger partial charge is 0.0641 e. The summed E-state index contributed by atoms with van der Waals surface area (Å²) in [6, 6.07) is 2.11. The number of rotatable bonds is 6. The van der Waals surface area contributed by atoms with E-state index in [0.717, 1.165) is 19.4 Å². The molecule has 1 rings (SSSR count). The van der Waals surface area contributed by atoms with Crippen molar-refractivity contribution < 1.29 is 0 Å². The van der Waals surface area contributed by atoms with E-state index in [1.807, 2.05) is 24.1 Å². The monoisotopic (exact) mass is 192 g/mol. The summed E-state index contributed by atoms with van der Waals surface area (Å²) in [7, 11) is 1.95. The molecule has 0 aliphatic heterocycles. The fourth-order valence-electron chi connectivity index (χ4n) is 1.29. The molecule has 0 atom stereocenters. The van der Waals surface area contributed by atoms with E-state index in [2.05, 4.69) is 16.5 Å². The van der Waals surface area contributed by atoms with Crippen molar-refractivity contribution in [3.8, 4) is 6.07 Å². The molecule has 4 heteroatoms. The van der Waals surface area contributed by atoms with Crippen LogP contribution in [-0.4, -0.2) is 23.4 Å². The van der Waals surface area contributed by atoms with E-state index in [9.17, 15) is 0 Å². The quantitative estimate of drug-likeness (QED) is 0.683. The lowest BCUT2D eigenvalue weighted by atomic mass is 10.2. The lowest BCUT2D eigenvalue weighted by Crippen LogP contribution is -2.08. The summed E-state index contributed by atoms with van der Waals surface area (Å²) in [5.74, 6) is 0. The number of nitrogens with zero attached hydrogens (tertiary/aromatic N) is 3. The minimum atomic E-state index is 0.525. The lowest BCUT2D eigenvalue weighted by Gasteiger charge is -1.96. The summed E-state index contributed by atoms with van der Waals surface area (Å²) in [5.41, 5.74) is 1.25. The molecule has 0 aliphatic carbocycles. The Morgan fingerprint density at radius 2 is 2.50 bits per heavy atom. The van der Waals surface area contributed by atoms with Crippen molar-refractivity contribution in [1.29, 1.82) is 5.26 Å². The number of aryl methyl sites for hydroxylation is 2. The van der Waals surface area contributed by atoms with Crippen LogP contribution in [-0.2, 0) is 13.0 Å². The maximum absolute atomic E-state index is 8.41. The van der Waals surface area contributed by atoms with Gasteiger partial charge in [-0.15, -0.1) is 0 Å². The van der Waals surface area contributed by atoms with Gasteiger partial charge in [-0.2, -0.15) is 10.4 Å². The Morgan fingerprint density at radius 3 is 3.21 bits per heavy atom. The Morgan fingerprint density at radius 1 is 1.64 bits per heavy atom. The largest absolute Gasteiger partial charge is 0.320 e. The molecule has 1 heterocycles. The number of hydrogen-bond donors (Lipinski definition) is 1. The molecule has 0 aromatic carbocycles. The average Bonchev–Trinajstić information content (AvgIpc) is 2.63. The average molecular weight is 192 g/mol. The van der Waals surface area contributed by atoms with Gasteiger partial charge < -0.3 is 5.32 Å². The predicted molar refractivity (Wildman–Crippen MR) is 54.7 cm³/mol. The number of hydrogen-bond acceptors (Lipinski definition) is 3. The molecule has 1 aromatic rings. The van der Waals surface area contributed by atoms with Gasteiger partial charge in [0.2, 0.25) is 0 Å². The fraction of sp³-hybridized carbons (Fsp3) is 0.600. The second-order valence-electron chi connectivity index (χ2n) is 3.23. The van der Waals surface area contributed by atoms with E-state index in [1.54, 1.807) is 0 Å². The Hall–Kier alpha value is -1.34. The normalized spacial score (nSPS) is 10.0. The maximum Gasteiger partial charge on any atom is 0.0641 e. The lowest BCUT2D eigenvalue weighted by molar-refractivity contribution is 0.626. The first-order valence-electron chi connectivity index (χ1n) is 4.89. The Kier molecular flexibility index (Phi) is 4.73. The van der Waals surface area contributed by atoms with Crippen LogP contribution in [0.15, 0.2) is 12.4 Å². The highest BCUT2D eigenvalue weighted by atomic mass is 15.3. The molecule has 76 valence electrons. The topological polar surface area (TPSA) is 53.6 Å². The molecule has 1 aromatic heterocycles. The SMILES string of the molecule is CNCCCc1cnn(CCC#N)c1. The van der Waals surface area contributed by atoms with Crippen LogP contribution in [0.25, 0.3) is 0 Å². The molecule has 1 N–H and O–H groups in total. The molecule has 0 fully saturated rings. The van der Waals surface area contributed by atoms with Crippen molar-refractivity contribution in [3.05, 3.63) is 18.0 Å². The molecule has 0 radical (unpaired) electrons. The predicted octanol–water partition coefficient (Wildman–Crippen LogP) is 0.949. The van der Waals surface area contributed by atoms with Crippen LogP contribution in [0.3, 0.4) is 0 Å². The number of aromatic nitrogens is 2. The van der Waals surface area contributed by atoms with E-state index < -0.39 is 0 Å². The summed E-state index contributed by atoms with van der Waals surface area (Å²) in [6.45, 7) is 1.73. The maximum atomic E-state index is 8.41. The van der Waals surface area contributed by atoms with Gasteiger partial charge in [0.15, 0.2) is 0 Å². The standard InChI is InChI=1S/C10H16N4/c1-12-6-2-4-10-8-13-14(9-10)7-3-5-11/h8-9,12H,2-4,6-7H2,1H3. The molecule has 0 spiro atoms. The van der Waals surface area contributed by atoms with Crippen molar-refractivity contribution in [2.75, 3.05) is 13.6 Å². The van der Waals surface area contributed by atoms with E-state index >= 15 is 0 Å². The second-order valence-corrected chi connectivity index (χ2v) is 3.23. The minimum absolute atomic E-state index is 0.525. The molecule has 4 nitrogen and oxygen atoms in total. The van der Waals surface area contributed by atoms with E-state index in [0.29, 0.717) is 13.0 Å². The highest BCUT2D eigenvalue weighted by molar-refractivity contribution is 5.03. The Balaban J connectivity index is 2.32. The number of nitriles is 1. The molecule has 0 unspecified atom stereocenters. The van der Waals surface area contributed by atoms with E-state index in [-0.39, 0.29) is 0 Å². The summed E-state index contributed by atoms with van der Waals surface area (Å²) >= 11 is 0. The van der Waals surface area contributed by atoms with Crippen LogP contribution in [0, 0.1) is 11.3 Å². The summed E-state index contributed by atoms with van der Waals surface area (Å²) in [5, 5.41) is 15.7.